The number of hydrogen-bond donors (Lipinski definition) is 2. The zero-order valence-corrected chi connectivity index (χ0v) is 18.4. The van der Waals surface area contributed by atoms with E-state index in [4.69, 9.17) is 4.99 Å². The Morgan fingerprint density at radius 3 is 2.36 bits per heavy atom. The van der Waals surface area contributed by atoms with Crippen LogP contribution in [0.3, 0.4) is 0 Å². The molecule has 7 nitrogen and oxygen atoms in total. The first-order chi connectivity index (χ1) is 13.3. The molecular weight excluding hydrogens is 374 g/mol. The first kappa shape index (κ1) is 22.6. The summed E-state index contributed by atoms with van der Waals surface area (Å²) in [5.41, 5.74) is 1.10. The van der Waals surface area contributed by atoms with Crippen LogP contribution in [0.1, 0.15) is 19.4 Å². The Labute approximate surface area is 170 Å². The van der Waals surface area contributed by atoms with Crippen LogP contribution < -0.4 is 10.6 Å². The van der Waals surface area contributed by atoms with Crippen LogP contribution in [-0.4, -0.2) is 89.3 Å². The number of guanidine groups is 1. The van der Waals surface area contributed by atoms with E-state index in [9.17, 15) is 8.42 Å². The lowest BCUT2D eigenvalue weighted by Crippen LogP contribution is -2.49. The SMILES string of the molecule is CCNC(=NCC(C)N1CCN(C)CC1)NCCc1ccc(S(C)(=O)=O)cc1. The van der Waals surface area contributed by atoms with Crippen LogP contribution in [0.25, 0.3) is 0 Å². The first-order valence-electron chi connectivity index (χ1n) is 10.0. The molecule has 1 heterocycles. The third-order valence-corrected chi connectivity index (χ3v) is 6.21. The topological polar surface area (TPSA) is 77.0 Å². The molecule has 0 spiro atoms. The summed E-state index contributed by atoms with van der Waals surface area (Å²) in [5.74, 6) is 0.830. The number of aliphatic imine (C=N–C) groups is 1. The van der Waals surface area contributed by atoms with Gasteiger partial charge in [-0.25, -0.2) is 8.42 Å². The van der Waals surface area contributed by atoms with E-state index in [2.05, 4.69) is 41.3 Å². The van der Waals surface area contributed by atoms with Crippen LogP contribution in [0.4, 0.5) is 0 Å². The van der Waals surface area contributed by atoms with E-state index >= 15 is 0 Å². The molecule has 2 rings (SSSR count). The van der Waals surface area contributed by atoms with Gasteiger partial charge in [0, 0.05) is 51.6 Å². The molecule has 1 fully saturated rings. The molecule has 28 heavy (non-hydrogen) atoms. The van der Waals surface area contributed by atoms with Gasteiger partial charge in [-0.15, -0.1) is 0 Å². The second-order valence-electron chi connectivity index (χ2n) is 7.50. The Morgan fingerprint density at radius 1 is 1.14 bits per heavy atom. The summed E-state index contributed by atoms with van der Waals surface area (Å²) in [5, 5.41) is 6.67. The van der Waals surface area contributed by atoms with E-state index < -0.39 is 9.84 Å². The number of piperazine rings is 1. The number of benzene rings is 1. The molecule has 1 unspecified atom stereocenters. The lowest BCUT2D eigenvalue weighted by molar-refractivity contribution is 0.122. The average Bonchev–Trinajstić information content (AvgIpc) is 2.66. The lowest BCUT2D eigenvalue weighted by atomic mass is 10.1. The maximum absolute atomic E-state index is 11.5. The van der Waals surface area contributed by atoms with E-state index in [1.54, 1.807) is 12.1 Å². The summed E-state index contributed by atoms with van der Waals surface area (Å²) in [7, 11) is -0.972. The fourth-order valence-electron chi connectivity index (χ4n) is 3.17. The average molecular weight is 410 g/mol. The van der Waals surface area contributed by atoms with Gasteiger partial charge in [-0.1, -0.05) is 12.1 Å². The van der Waals surface area contributed by atoms with Gasteiger partial charge in [0.05, 0.1) is 11.4 Å². The molecule has 158 valence electrons. The molecule has 1 atom stereocenters. The molecule has 0 saturated carbocycles. The van der Waals surface area contributed by atoms with E-state index in [0.717, 1.165) is 63.8 Å². The van der Waals surface area contributed by atoms with Gasteiger partial charge in [0.1, 0.15) is 0 Å². The lowest BCUT2D eigenvalue weighted by Gasteiger charge is -2.35. The summed E-state index contributed by atoms with van der Waals surface area (Å²) in [6, 6.07) is 7.51. The van der Waals surface area contributed by atoms with Gasteiger partial charge < -0.3 is 15.5 Å². The van der Waals surface area contributed by atoms with E-state index in [0.29, 0.717) is 10.9 Å². The fourth-order valence-corrected chi connectivity index (χ4v) is 3.80. The zero-order chi connectivity index (χ0) is 20.6. The number of hydrogen-bond acceptors (Lipinski definition) is 5. The second-order valence-corrected chi connectivity index (χ2v) is 9.52. The Kier molecular flexibility index (Phi) is 8.72. The van der Waals surface area contributed by atoms with Crippen molar-refractivity contribution in [3.05, 3.63) is 29.8 Å². The van der Waals surface area contributed by atoms with E-state index in [1.165, 1.54) is 6.26 Å². The highest BCUT2D eigenvalue weighted by Gasteiger charge is 2.18. The van der Waals surface area contributed by atoms with Gasteiger partial charge in [0.25, 0.3) is 0 Å². The highest BCUT2D eigenvalue weighted by molar-refractivity contribution is 7.90. The summed E-state index contributed by atoms with van der Waals surface area (Å²) in [6.45, 7) is 11.1. The molecule has 2 N–H and O–H groups in total. The van der Waals surface area contributed by atoms with Crippen LogP contribution in [0.2, 0.25) is 0 Å². The highest BCUT2D eigenvalue weighted by atomic mass is 32.2. The monoisotopic (exact) mass is 409 g/mol. The molecule has 0 aromatic heterocycles. The van der Waals surface area contributed by atoms with E-state index in [1.807, 2.05) is 12.1 Å². The molecule has 1 saturated heterocycles. The Bertz CT molecular complexity index is 725. The minimum Gasteiger partial charge on any atom is -0.357 e. The highest BCUT2D eigenvalue weighted by Crippen LogP contribution is 2.10. The zero-order valence-electron chi connectivity index (χ0n) is 17.6. The fraction of sp³-hybridized carbons (Fsp3) is 0.650. The van der Waals surface area contributed by atoms with Gasteiger partial charge in [0.2, 0.25) is 0 Å². The van der Waals surface area contributed by atoms with Crippen LogP contribution in [0.15, 0.2) is 34.2 Å². The third kappa shape index (κ3) is 7.41. The largest absolute Gasteiger partial charge is 0.357 e. The molecule has 1 aromatic carbocycles. The summed E-state index contributed by atoms with van der Waals surface area (Å²) in [4.78, 5) is 9.96. The molecule has 0 radical (unpaired) electrons. The number of nitrogens with one attached hydrogen (secondary N) is 2. The predicted octanol–water partition coefficient (Wildman–Crippen LogP) is 0.824. The van der Waals surface area contributed by atoms with Crippen molar-refractivity contribution in [2.24, 2.45) is 4.99 Å². The van der Waals surface area contributed by atoms with Gasteiger partial charge >= 0.3 is 0 Å². The van der Waals surface area contributed by atoms with Crippen molar-refractivity contribution in [3.8, 4) is 0 Å². The number of likely N-dealkylation sites (N-methyl/N-ethyl adjacent to an activating group) is 1. The Morgan fingerprint density at radius 2 is 1.79 bits per heavy atom. The van der Waals surface area contributed by atoms with Crippen molar-refractivity contribution in [1.82, 2.24) is 20.4 Å². The number of rotatable bonds is 8. The van der Waals surface area contributed by atoms with Crippen LogP contribution in [0.5, 0.6) is 0 Å². The molecule has 1 aliphatic rings. The molecular formula is C20H35N5O2S. The Balaban J connectivity index is 1.82. The van der Waals surface area contributed by atoms with Crippen molar-refractivity contribution in [1.29, 1.82) is 0 Å². The maximum Gasteiger partial charge on any atom is 0.191 e. The number of nitrogens with zero attached hydrogens (tertiary/aromatic N) is 3. The summed E-state index contributed by atoms with van der Waals surface area (Å²) >= 11 is 0. The summed E-state index contributed by atoms with van der Waals surface area (Å²) < 4.78 is 23.1. The quantitative estimate of drug-likeness (QED) is 0.489. The molecule has 1 aromatic rings. The maximum atomic E-state index is 11.5. The van der Waals surface area contributed by atoms with Crippen molar-refractivity contribution in [2.45, 2.75) is 31.2 Å². The number of sulfone groups is 1. The third-order valence-electron chi connectivity index (χ3n) is 5.08. The van der Waals surface area contributed by atoms with Crippen LogP contribution in [0, 0.1) is 0 Å². The smallest absolute Gasteiger partial charge is 0.191 e. The van der Waals surface area contributed by atoms with Gasteiger partial charge in [-0.3, -0.25) is 9.89 Å². The van der Waals surface area contributed by atoms with Crippen molar-refractivity contribution in [2.75, 3.05) is 59.1 Å². The Hall–Kier alpha value is -1.64. The second kappa shape index (κ2) is 10.8. The van der Waals surface area contributed by atoms with Gasteiger partial charge in [-0.05, 0) is 45.0 Å². The summed E-state index contributed by atoms with van der Waals surface area (Å²) in [6.07, 6.45) is 2.04. The van der Waals surface area contributed by atoms with Crippen molar-refractivity contribution >= 4 is 15.8 Å². The molecule has 0 amide bonds. The minimum atomic E-state index is -3.14. The molecule has 8 heteroatoms. The van der Waals surface area contributed by atoms with Crippen molar-refractivity contribution in [3.63, 3.8) is 0 Å². The van der Waals surface area contributed by atoms with Crippen molar-refractivity contribution < 1.29 is 8.42 Å². The normalized spacial score (nSPS) is 18.1. The standard InChI is InChI=1S/C20H35N5O2S/c1-5-21-20(23-16-17(2)25-14-12-24(3)13-15-25)22-11-10-18-6-8-19(9-7-18)28(4,26)27/h6-9,17H,5,10-16H2,1-4H3,(H2,21,22,23). The van der Waals surface area contributed by atoms with Gasteiger partial charge in [0.15, 0.2) is 15.8 Å². The molecule has 1 aliphatic heterocycles. The van der Waals surface area contributed by atoms with E-state index in [-0.39, 0.29) is 0 Å². The minimum absolute atomic E-state index is 0.358. The predicted molar refractivity (Wildman–Crippen MR) is 116 cm³/mol. The first-order valence-corrected chi connectivity index (χ1v) is 11.9. The van der Waals surface area contributed by atoms with Crippen LogP contribution in [-0.2, 0) is 16.3 Å². The molecule has 0 aliphatic carbocycles. The van der Waals surface area contributed by atoms with Crippen LogP contribution >= 0.6 is 0 Å². The van der Waals surface area contributed by atoms with Gasteiger partial charge in [-0.2, -0.15) is 0 Å². The molecule has 0 bridgehead atoms.